The van der Waals surface area contributed by atoms with Gasteiger partial charge in [-0.1, -0.05) is 0 Å². The summed E-state index contributed by atoms with van der Waals surface area (Å²) in [7, 11) is 1.93. The van der Waals surface area contributed by atoms with Crippen molar-refractivity contribution in [2.45, 2.75) is 10.6 Å². The molecule has 2 aromatic heterocycles. The summed E-state index contributed by atoms with van der Waals surface area (Å²) in [6.07, 6.45) is 5.05. The number of carboxylic acids is 1. The summed E-state index contributed by atoms with van der Waals surface area (Å²) in [5, 5.41) is 8.82. The van der Waals surface area contributed by atoms with Crippen molar-refractivity contribution >= 4 is 17.7 Å². The van der Waals surface area contributed by atoms with E-state index in [2.05, 4.69) is 9.97 Å². The highest BCUT2D eigenvalue weighted by Gasteiger charge is 2.06. The van der Waals surface area contributed by atoms with Gasteiger partial charge in [-0.15, -0.1) is 11.8 Å². The molecule has 6 heteroatoms. The molecule has 0 aliphatic rings. The summed E-state index contributed by atoms with van der Waals surface area (Å²) in [5.74, 6) is -0.257. The zero-order valence-corrected chi connectivity index (χ0v) is 10.0. The van der Waals surface area contributed by atoms with E-state index in [9.17, 15) is 4.79 Å². The number of aromatic carboxylic acids is 1. The van der Waals surface area contributed by atoms with Crippen LogP contribution in [-0.4, -0.2) is 25.6 Å². The number of rotatable bonds is 4. The van der Waals surface area contributed by atoms with E-state index >= 15 is 0 Å². The molecule has 0 unspecified atom stereocenters. The van der Waals surface area contributed by atoms with E-state index in [1.165, 1.54) is 6.20 Å². The van der Waals surface area contributed by atoms with Crippen molar-refractivity contribution in [2.75, 3.05) is 0 Å². The maximum Gasteiger partial charge on any atom is 0.354 e. The lowest BCUT2D eigenvalue weighted by atomic mass is 10.3. The fourth-order valence-corrected chi connectivity index (χ4v) is 2.24. The largest absolute Gasteiger partial charge is 0.477 e. The molecule has 2 aromatic rings. The van der Waals surface area contributed by atoms with Crippen molar-refractivity contribution in [3.63, 3.8) is 0 Å². The Labute approximate surface area is 103 Å². The van der Waals surface area contributed by atoms with Gasteiger partial charge in [-0.2, -0.15) is 0 Å². The van der Waals surface area contributed by atoms with Crippen LogP contribution in [0.1, 0.15) is 16.2 Å². The van der Waals surface area contributed by atoms with Gasteiger partial charge in [0.1, 0.15) is 5.69 Å². The SMILES string of the molecule is Cn1cncc1CSc1ccnc(C(=O)O)c1. The first kappa shape index (κ1) is 11.7. The molecule has 0 bridgehead atoms. The van der Waals surface area contributed by atoms with Crippen molar-refractivity contribution < 1.29 is 9.90 Å². The highest BCUT2D eigenvalue weighted by atomic mass is 32.2. The van der Waals surface area contributed by atoms with Crippen LogP contribution in [0.2, 0.25) is 0 Å². The lowest BCUT2D eigenvalue weighted by molar-refractivity contribution is 0.0690. The van der Waals surface area contributed by atoms with Gasteiger partial charge in [0.2, 0.25) is 0 Å². The Hall–Kier alpha value is -1.82. The van der Waals surface area contributed by atoms with Crippen LogP contribution < -0.4 is 0 Å². The molecule has 0 aliphatic heterocycles. The molecule has 0 fully saturated rings. The number of aromatic nitrogens is 3. The molecule has 0 saturated carbocycles. The van der Waals surface area contributed by atoms with Crippen LogP contribution >= 0.6 is 11.8 Å². The number of hydrogen-bond acceptors (Lipinski definition) is 4. The van der Waals surface area contributed by atoms with Gasteiger partial charge in [-0.25, -0.2) is 14.8 Å². The van der Waals surface area contributed by atoms with Crippen molar-refractivity contribution in [3.8, 4) is 0 Å². The number of carbonyl (C=O) groups is 1. The smallest absolute Gasteiger partial charge is 0.354 e. The summed E-state index contributed by atoms with van der Waals surface area (Å²) in [5.41, 5.74) is 1.16. The Bertz CT molecular complexity index is 539. The first-order chi connectivity index (χ1) is 8.16. The standard InChI is InChI=1S/C11H11N3O2S/c1-14-7-12-5-8(14)6-17-9-2-3-13-10(4-9)11(15)16/h2-5,7H,6H2,1H3,(H,15,16). The molecule has 17 heavy (non-hydrogen) atoms. The lowest BCUT2D eigenvalue weighted by Crippen LogP contribution is -1.99. The van der Waals surface area contributed by atoms with E-state index in [4.69, 9.17) is 5.11 Å². The maximum atomic E-state index is 10.8. The number of nitrogens with zero attached hydrogens (tertiary/aromatic N) is 3. The molecule has 2 rings (SSSR count). The van der Waals surface area contributed by atoms with Gasteiger partial charge >= 0.3 is 5.97 Å². The number of pyridine rings is 1. The van der Waals surface area contributed by atoms with Crippen LogP contribution in [0.5, 0.6) is 0 Å². The number of hydrogen-bond donors (Lipinski definition) is 1. The summed E-state index contributed by atoms with van der Waals surface area (Å²) in [6.45, 7) is 0. The summed E-state index contributed by atoms with van der Waals surface area (Å²) >= 11 is 1.56. The predicted molar refractivity (Wildman–Crippen MR) is 64.0 cm³/mol. The Morgan fingerprint density at radius 2 is 2.41 bits per heavy atom. The third-order valence-corrected chi connectivity index (χ3v) is 3.28. The van der Waals surface area contributed by atoms with Crippen molar-refractivity contribution in [3.05, 3.63) is 42.2 Å². The normalized spacial score (nSPS) is 10.4. The molecule has 0 aromatic carbocycles. The Morgan fingerprint density at radius 1 is 1.59 bits per heavy atom. The minimum Gasteiger partial charge on any atom is -0.477 e. The zero-order valence-electron chi connectivity index (χ0n) is 9.20. The molecule has 0 atom stereocenters. The Balaban J connectivity index is 2.07. The number of aryl methyl sites for hydroxylation is 1. The fourth-order valence-electron chi connectivity index (χ4n) is 1.30. The molecular weight excluding hydrogens is 238 g/mol. The van der Waals surface area contributed by atoms with Crippen LogP contribution in [0.15, 0.2) is 35.7 Å². The van der Waals surface area contributed by atoms with E-state index in [1.54, 1.807) is 36.4 Å². The number of thioether (sulfide) groups is 1. The van der Waals surface area contributed by atoms with E-state index < -0.39 is 5.97 Å². The van der Waals surface area contributed by atoms with Gasteiger partial charge < -0.3 is 9.67 Å². The second kappa shape index (κ2) is 5.01. The predicted octanol–water partition coefficient (Wildman–Crippen LogP) is 1.81. The quantitative estimate of drug-likeness (QED) is 0.837. The molecular formula is C11H11N3O2S. The number of imidazole rings is 1. The molecule has 0 radical (unpaired) electrons. The third-order valence-electron chi connectivity index (χ3n) is 2.25. The van der Waals surface area contributed by atoms with E-state index in [-0.39, 0.29) is 5.69 Å². The first-order valence-electron chi connectivity index (χ1n) is 4.94. The second-order valence-electron chi connectivity index (χ2n) is 3.47. The average molecular weight is 249 g/mol. The van der Waals surface area contributed by atoms with Crippen molar-refractivity contribution in [1.29, 1.82) is 0 Å². The average Bonchev–Trinajstić information content (AvgIpc) is 2.72. The third kappa shape index (κ3) is 2.85. The Kier molecular flexibility index (Phi) is 3.43. The molecule has 5 nitrogen and oxygen atoms in total. The molecule has 88 valence electrons. The van der Waals surface area contributed by atoms with Crippen LogP contribution in [0, 0.1) is 0 Å². The summed E-state index contributed by atoms with van der Waals surface area (Å²) in [4.78, 5) is 19.4. The minimum atomic E-state index is -1.01. The molecule has 0 saturated heterocycles. The minimum absolute atomic E-state index is 0.0695. The van der Waals surface area contributed by atoms with Crippen molar-refractivity contribution in [1.82, 2.24) is 14.5 Å². The van der Waals surface area contributed by atoms with Gasteiger partial charge in [0.05, 0.1) is 6.33 Å². The van der Waals surface area contributed by atoms with Crippen molar-refractivity contribution in [2.24, 2.45) is 7.05 Å². The van der Waals surface area contributed by atoms with Crippen LogP contribution in [0.4, 0.5) is 0 Å². The van der Waals surface area contributed by atoms with Gasteiger partial charge in [-0.05, 0) is 12.1 Å². The van der Waals surface area contributed by atoms with Gasteiger partial charge in [0.25, 0.3) is 0 Å². The molecule has 0 spiro atoms. The highest BCUT2D eigenvalue weighted by Crippen LogP contribution is 2.22. The highest BCUT2D eigenvalue weighted by molar-refractivity contribution is 7.98. The summed E-state index contributed by atoms with van der Waals surface area (Å²) in [6, 6.07) is 3.37. The molecule has 2 heterocycles. The monoisotopic (exact) mass is 249 g/mol. The summed E-state index contributed by atoms with van der Waals surface area (Å²) < 4.78 is 1.94. The first-order valence-corrected chi connectivity index (χ1v) is 5.92. The molecule has 1 N–H and O–H groups in total. The number of carboxylic acid groups (broad SMARTS) is 1. The lowest BCUT2D eigenvalue weighted by Gasteiger charge is -2.03. The van der Waals surface area contributed by atoms with Gasteiger partial charge in [0, 0.05) is 35.8 Å². The van der Waals surface area contributed by atoms with E-state index in [0.717, 1.165) is 16.3 Å². The van der Waals surface area contributed by atoms with Gasteiger partial charge in [0.15, 0.2) is 0 Å². The molecule has 0 amide bonds. The topological polar surface area (TPSA) is 68.0 Å². The molecule has 0 aliphatic carbocycles. The Morgan fingerprint density at radius 3 is 3.06 bits per heavy atom. The zero-order chi connectivity index (χ0) is 12.3. The van der Waals surface area contributed by atoms with Crippen LogP contribution in [0.25, 0.3) is 0 Å². The fraction of sp³-hybridized carbons (Fsp3) is 0.182. The second-order valence-corrected chi connectivity index (χ2v) is 4.52. The maximum absolute atomic E-state index is 10.8. The van der Waals surface area contributed by atoms with E-state index in [1.807, 2.05) is 11.6 Å². The van der Waals surface area contributed by atoms with E-state index in [0.29, 0.717) is 0 Å². The van der Waals surface area contributed by atoms with Gasteiger partial charge in [-0.3, -0.25) is 0 Å². The van der Waals surface area contributed by atoms with Crippen LogP contribution in [0.3, 0.4) is 0 Å². The van der Waals surface area contributed by atoms with Crippen LogP contribution in [-0.2, 0) is 12.8 Å².